The number of anilines is 1. The lowest BCUT2D eigenvalue weighted by molar-refractivity contribution is -0.139. The average Bonchev–Trinajstić information content (AvgIpc) is 2.75. The van der Waals surface area contributed by atoms with Crippen molar-refractivity contribution in [3.05, 3.63) is 63.1 Å². The Labute approximate surface area is 216 Å². The van der Waals surface area contributed by atoms with Crippen LogP contribution >= 0.6 is 34.8 Å². The predicted molar refractivity (Wildman–Crippen MR) is 138 cm³/mol. The molecule has 0 aliphatic heterocycles. The number of benzene rings is 2. The molecule has 1 unspecified atom stereocenters. The molecule has 0 aliphatic rings. The fraction of sp³-hybridized carbons (Fsp3) is 0.391. The Balaban J connectivity index is 2.43. The number of nitrogens with zero attached hydrogens (tertiary/aromatic N) is 2. The standard InChI is InChI=1S/C23H28Cl3N3O4S/c1-15(2)12-27-23(31)16(3)28(13-17-7-5-6-8-19(17)25)22(30)14-29(34(4,32)33)21-11-18(24)9-10-20(21)26/h5-11,15-16H,12-14H2,1-4H3,(H,27,31). The molecule has 1 N–H and O–H groups in total. The summed E-state index contributed by atoms with van der Waals surface area (Å²) in [5.41, 5.74) is 0.687. The third-order valence-electron chi connectivity index (χ3n) is 5.01. The van der Waals surface area contributed by atoms with Gasteiger partial charge in [-0.05, 0) is 42.7 Å². The van der Waals surface area contributed by atoms with E-state index in [0.717, 1.165) is 10.6 Å². The van der Waals surface area contributed by atoms with Gasteiger partial charge in [-0.15, -0.1) is 0 Å². The van der Waals surface area contributed by atoms with Crippen LogP contribution in [0.3, 0.4) is 0 Å². The molecule has 2 aromatic rings. The van der Waals surface area contributed by atoms with E-state index < -0.39 is 28.5 Å². The van der Waals surface area contributed by atoms with E-state index in [0.29, 0.717) is 17.1 Å². The first-order valence-corrected chi connectivity index (χ1v) is 13.5. The summed E-state index contributed by atoms with van der Waals surface area (Å²) in [7, 11) is -3.92. The van der Waals surface area contributed by atoms with Gasteiger partial charge in [-0.3, -0.25) is 13.9 Å². The number of rotatable bonds is 10. The van der Waals surface area contributed by atoms with Gasteiger partial charge in [0.05, 0.1) is 17.0 Å². The Kier molecular flexibility index (Phi) is 10.1. The van der Waals surface area contributed by atoms with Crippen LogP contribution in [0, 0.1) is 5.92 Å². The molecule has 0 spiro atoms. The molecule has 2 aromatic carbocycles. The number of carbonyl (C=O) groups is 2. The Hall–Kier alpha value is -2.00. The first-order chi connectivity index (χ1) is 15.8. The van der Waals surface area contributed by atoms with E-state index in [1.165, 1.54) is 23.1 Å². The summed E-state index contributed by atoms with van der Waals surface area (Å²) in [6.45, 7) is 5.36. The fourth-order valence-corrected chi connectivity index (χ4v) is 4.60. The van der Waals surface area contributed by atoms with Gasteiger partial charge in [0.2, 0.25) is 21.8 Å². The van der Waals surface area contributed by atoms with Crippen molar-refractivity contribution in [1.29, 1.82) is 0 Å². The summed E-state index contributed by atoms with van der Waals surface area (Å²) >= 11 is 18.6. The van der Waals surface area contributed by atoms with E-state index in [1.807, 2.05) is 13.8 Å². The van der Waals surface area contributed by atoms with Gasteiger partial charge in [-0.25, -0.2) is 8.42 Å². The zero-order valence-electron chi connectivity index (χ0n) is 19.4. The second-order valence-corrected chi connectivity index (χ2v) is 11.5. The molecule has 7 nitrogen and oxygen atoms in total. The lowest BCUT2D eigenvalue weighted by atomic mass is 10.1. The molecule has 0 fully saturated rings. The van der Waals surface area contributed by atoms with Crippen LogP contribution in [0.15, 0.2) is 42.5 Å². The fourth-order valence-electron chi connectivity index (χ4n) is 3.12. The van der Waals surface area contributed by atoms with Crippen molar-refractivity contribution in [3.63, 3.8) is 0 Å². The number of sulfonamides is 1. The topological polar surface area (TPSA) is 86.8 Å². The Bertz CT molecular complexity index is 1140. The third-order valence-corrected chi connectivity index (χ3v) is 7.06. The van der Waals surface area contributed by atoms with Crippen LogP contribution in [0.2, 0.25) is 15.1 Å². The molecule has 0 radical (unpaired) electrons. The van der Waals surface area contributed by atoms with E-state index in [1.54, 1.807) is 31.2 Å². The lowest BCUT2D eigenvalue weighted by Crippen LogP contribution is -2.51. The molecule has 11 heteroatoms. The number of nitrogens with one attached hydrogen (secondary N) is 1. The van der Waals surface area contributed by atoms with Crippen molar-refractivity contribution >= 4 is 62.3 Å². The smallest absolute Gasteiger partial charge is 0.244 e. The number of hydrogen-bond donors (Lipinski definition) is 1. The van der Waals surface area contributed by atoms with Crippen LogP contribution in [-0.2, 0) is 26.2 Å². The van der Waals surface area contributed by atoms with E-state index in [4.69, 9.17) is 34.8 Å². The summed E-state index contributed by atoms with van der Waals surface area (Å²) in [5, 5.41) is 3.61. The number of hydrogen-bond acceptors (Lipinski definition) is 4. The summed E-state index contributed by atoms with van der Waals surface area (Å²) in [6, 6.07) is 10.4. The molecule has 0 aliphatic carbocycles. The Morgan fingerprint density at radius 1 is 1.00 bits per heavy atom. The second-order valence-electron chi connectivity index (χ2n) is 8.29. The van der Waals surface area contributed by atoms with Crippen molar-refractivity contribution in [3.8, 4) is 0 Å². The Morgan fingerprint density at radius 2 is 1.65 bits per heavy atom. The van der Waals surface area contributed by atoms with E-state index in [-0.39, 0.29) is 34.1 Å². The molecule has 2 amide bonds. The Morgan fingerprint density at radius 3 is 2.24 bits per heavy atom. The summed E-state index contributed by atoms with van der Waals surface area (Å²) in [4.78, 5) is 27.6. The first kappa shape index (κ1) is 28.2. The van der Waals surface area contributed by atoms with Gasteiger partial charge >= 0.3 is 0 Å². The monoisotopic (exact) mass is 547 g/mol. The van der Waals surface area contributed by atoms with Gasteiger partial charge < -0.3 is 10.2 Å². The molecular formula is C23H28Cl3N3O4S. The minimum atomic E-state index is -3.92. The highest BCUT2D eigenvalue weighted by molar-refractivity contribution is 7.92. The van der Waals surface area contributed by atoms with Crippen molar-refractivity contribution in [1.82, 2.24) is 10.2 Å². The van der Waals surface area contributed by atoms with Crippen molar-refractivity contribution in [2.45, 2.75) is 33.4 Å². The predicted octanol–water partition coefficient (Wildman–Crippen LogP) is 4.60. The maximum atomic E-state index is 13.5. The number of halogens is 3. The minimum Gasteiger partial charge on any atom is -0.354 e. The SMILES string of the molecule is CC(C)CNC(=O)C(C)N(Cc1ccccc1Cl)C(=O)CN(c1cc(Cl)ccc1Cl)S(C)(=O)=O. The third kappa shape index (κ3) is 7.77. The molecule has 1 atom stereocenters. The summed E-state index contributed by atoms with van der Waals surface area (Å²) in [6.07, 6.45) is 0.967. The molecule has 0 saturated heterocycles. The van der Waals surface area contributed by atoms with Gasteiger partial charge in [-0.1, -0.05) is 66.8 Å². The highest BCUT2D eigenvalue weighted by atomic mass is 35.5. The largest absolute Gasteiger partial charge is 0.354 e. The van der Waals surface area contributed by atoms with E-state index >= 15 is 0 Å². The zero-order chi connectivity index (χ0) is 25.6. The van der Waals surface area contributed by atoms with Crippen molar-refractivity contribution in [2.75, 3.05) is 23.7 Å². The van der Waals surface area contributed by atoms with Crippen LogP contribution in [0.5, 0.6) is 0 Å². The van der Waals surface area contributed by atoms with E-state index in [2.05, 4.69) is 5.32 Å². The normalized spacial score (nSPS) is 12.4. The maximum absolute atomic E-state index is 13.5. The lowest BCUT2D eigenvalue weighted by Gasteiger charge is -2.32. The van der Waals surface area contributed by atoms with Gasteiger partial charge in [0, 0.05) is 23.1 Å². The van der Waals surface area contributed by atoms with Gasteiger partial charge in [0.15, 0.2) is 0 Å². The molecule has 186 valence electrons. The highest BCUT2D eigenvalue weighted by Gasteiger charge is 2.31. The summed E-state index contributed by atoms with van der Waals surface area (Å²) < 4.78 is 26.1. The average molecular weight is 549 g/mol. The van der Waals surface area contributed by atoms with Gasteiger partial charge in [0.1, 0.15) is 12.6 Å². The number of carbonyl (C=O) groups excluding carboxylic acids is 2. The molecular weight excluding hydrogens is 521 g/mol. The van der Waals surface area contributed by atoms with Crippen LogP contribution in [0.1, 0.15) is 26.3 Å². The molecule has 0 bridgehead atoms. The van der Waals surface area contributed by atoms with Crippen LogP contribution in [-0.4, -0.2) is 50.5 Å². The van der Waals surface area contributed by atoms with Crippen molar-refractivity contribution in [2.24, 2.45) is 5.92 Å². The molecule has 34 heavy (non-hydrogen) atoms. The van der Waals surface area contributed by atoms with Crippen molar-refractivity contribution < 1.29 is 18.0 Å². The molecule has 0 saturated carbocycles. The molecule has 2 rings (SSSR count). The first-order valence-electron chi connectivity index (χ1n) is 10.5. The highest BCUT2D eigenvalue weighted by Crippen LogP contribution is 2.31. The van der Waals surface area contributed by atoms with Gasteiger partial charge in [0.25, 0.3) is 0 Å². The maximum Gasteiger partial charge on any atom is 0.244 e. The van der Waals surface area contributed by atoms with Crippen LogP contribution in [0.25, 0.3) is 0 Å². The molecule has 0 heterocycles. The van der Waals surface area contributed by atoms with Gasteiger partial charge in [-0.2, -0.15) is 0 Å². The van der Waals surface area contributed by atoms with Crippen LogP contribution < -0.4 is 9.62 Å². The molecule has 0 aromatic heterocycles. The second kappa shape index (κ2) is 12.1. The zero-order valence-corrected chi connectivity index (χ0v) is 22.5. The minimum absolute atomic E-state index is 0.00958. The van der Waals surface area contributed by atoms with E-state index in [9.17, 15) is 18.0 Å². The quantitative estimate of drug-likeness (QED) is 0.470. The number of amides is 2. The van der Waals surface area contributed by atoms with Crippen LogP contribution in [0.4, 0.5) is 5.69 Å². The summed E-state index contributed by atoms with van der Waals surface area (Å²) in [5.74, 6) is -0.746.